The van der Waals surface area contributed by atoms with Crippen LogP contribution in [0, 0.1) is 0 Å². The second-order valence-corrected chi connectivity index (χ2v) is 5.01. The third kappa shape index (κ3) is 3.69. The van der Waals surface area contributed by atoms with E-state index in [0.717, 1.165) is 37.9 Å². The van der Waals surface area contributed by atoms with Crippen molar-refractivity contribution in [3.05, 3.63) is 28.8 Å². The van der Waals surface area contributed by atoms with Crippen molar-refractivity contribution in [2.45, 2.75) is 18.9 Å². The van der Waals surface area contributed by atoms with Crippen LogP contribution in [-0.4, -0.2) is 43.8 Å². The van der Waals surface area contributed by atoms with E-state index in [1.54, 1.807) is 6.07 Å². The van der Waals surface area contributed by atoms with E-state index < -0.39 is 0 Å². The summed E-state index contributed by atoms with van der Waals surface area (Å²) < 4.78 is 5.53. The molecule has 19 heavy (non-hydrogen) atoms. The topological polar surface area (TPSA) is 49.8 Å². The van der Waals surface area contributed by atoms with Crippen LogP contribution in [-0.2, 0) is 4.74 Å². The molecule has 1 saturated heterocycles. The molecular formula is C14H18ClNO3. The van der Waals surface area contributed by atoms with Gasteiger partial charge in [-0.05, 0) is 31.0 Å². The molecule has 0 spiro atoms. The summed E-state index contributed by atoms with van der Waals surface area (Å²) in [5, 5.41) is 9.22. The number of benzene rings is 1. The van der Waals surface area contributed by atoms with Crippen LogP contribution >= 0.6 is 11.6 Å². The number of hydrogen-bond acceptors (Lipinski definition) is 4. The lowest BCUT2D eigenvalue weighted by Crippen LogP contribution is -2.37. The summed E-state index contributed by atoms with van der Waals surface area (Å²) in [4.78, 5) is 13.0. The van der Waals surface area contributed by atoms with Gasteiger partial charge in [0.2, 0.25) is 0 Å². The molecule has 1 fully saturated rings. The fourth-order valence-electron chi connectivity index (χ4n) is 2.31. The van der Waals surface area contributed by atoms with E-state index in [2.05, 4.69) is 4.90 Å². The van der Waals surface area contributed by atoms with Crippen molar-refractivity contribution in [2.24, 2.45) is 0 Å². The smallest absolute Gasteiger partial charge is 0.151 e. The summed E-state index contributed by atoms with van der Waals surface area (Å²) in [5.41, 5.74) is 1.56. The first-order chi connectivity index (χ1) is 9.24. The Morgan fingerprint density at radius 1 is 1.42 bits per heavy atom. The van der Waals surface area contributed by atoms with Gasteiger partial charge < -0.3 is 14.7 Å². The third-order valence-corrected chi connectivity index (χ3v) is 3.69. The lowest BCUT2D eigenvalue weighted by atomic mass is 10.1. The van der Waals surface area contributed by atoms with Crippen LogP contribution < -0.4 is 4.90 Å². The number of aliphatic hydroxyl groups excluding tert-OH is 1. The number of halogens is 1. The second kappa shape index (κ2) is 6.89. The summed E-state index contributed by atoms with van der Waals surface area (Å²) in [7, 11) is 0. The maximum Gasteiger partial charge on any atom is 0.151 e. The standard InChI is InChI=1S/C14H18ClNO3/c15-14-9-12(2-1-11(14)10-18)16-5-3-13(4-6-16)19-8-7-17/h1-2,9-10,13,17H,3-8H2. The molecule has 1 aromatic rings. The SMILES string of the molecule is O=Cc1ccc(N2CCC(OCCO)CC2)cc1Cl. The number of nitrogens with zero attached hydrogens (tertiary/aromatic N) is 1. The largest absolute Gasteiger partial charge is 0.394 e. The van der Waals surface area contributed by atoms with Gasteiger partial charge in [-0.3, -0.25) is 4.79 Å². The molecule has 4 nitrogen and oxygen atoms in total. The van der Waals surface area contributed by atoms with Gasteiger partial charge in [-0.2, -0.15) is 0 Å². The number of carbonyl (C=O) groups excluding carboxylic acids is 1. The lowest BCUT2D eigenvalue weighted by molar-refractivity contribution is 0.0159. The van der Waals surface area contributed by atoms with Gasteiger partial charge in [0.05, 0.1) is 24.3 Å². The minimum Gasteiger partial charge on any atom is -0.394 e. The third-order valence-electron chi connectivity index (χ3n) is 3.36. The number of ether oxygens (including phenoxy) is 1. The Bertz CT molecular complexity index is 431. The zero-order valence-electron chi connectivity index (χ0n) is 10.7. The van der Waals surface area contributed by atoms with Crippen molar-refractivity contribution >= 4 is 23.6 Å². The average molecular weight is 284 g/mol. The van der Waals surface area contributed by atoms with Crippen molar-refractivity contribution in [3.8, 4) is 0 Å². The van der Waals surface area contributed by atoms with Gasteiger partial charge in [-0.1, -0.05) is 11.6 Å². The van der Waals surface area contributed by atoms with Crippen molar-refractivity contribution in [1.29, 1.82) is 0 Å². The lowest BCUT2D eigenvalue weighted by Gasteiger charge is -2.33. The van der Waals surface area contributed by atoms with Crippen molar-refractivity contribution in [2.75, 3.05) is 31.2 Å². The van der Waals surface area contributed by atoms with E-state index in [0.29, 0.717) is 17.2 Å². The predicted molar refractivity (Wildman–Crippen MR) is 75.1 cm³/mol. The summed E-state index contributed by atoms with van der Waals surface area (Å²) in [5.74, 6) is 0. The highest BCUT2D eigenvalue weighted by Crippen LogP contribution is 2.26. The highest BCUT2D eigenvalue weighted by atomic mass is 35.5. The van der Waals surface area contributed by atoms with Gasteiger partial charge in [0.1, 0.15) is 0 Å². The first-order valence-corrected chi connectivity index (χ1v) is 6.84. The highest BCUT2D eigenvalue weighted by Gasteiger charge is 2.20. The molecule has 0 bridgehead atoms. The Morgan fingerprint density at radius 2 is 2.16 bits per heavy atom. The Kier molecular flexibility index (Phi) is 5.19. The van der Waals surface area contributed by atoms with Gasteiger partial charge in [0.25, 0.3) is 0 Å². The average Bonchev–Trinajstić information content (AvgIpc) is 2.45. The van der Waals surface area contributed by atoms with E-state index in [1.165, 1.54) is 0 Å². The van der Waals surface area contributed by atoms with E-state index in [4.69, 9.17) is 21.4 Å². The molecule has 0 amide bonds. The summed E-state index contributed by atoms with van der Waals surface area (Å²) >= 11 is 6.04. The van der Waals surface area contributed by atoms with E-state index in [1.807, 2.05) is 12.1 Å². The summed E-state index contributed by atoms with van der Waals surface area (Å²) in [6.07, 6.45) is 2.87. The molecule has 0 saturated carbocycles. The van der Waals surface area contributed by atoms with E-state index >= 15 is 0 Å². The molecule has 0 aliphatic carbocycles. The number of aliphatic hydroxyl groups is 1. The minimum absolute atomic E-state index is 0.0724. The van der Waals surface area contributed by atoms with Crippen molar-refractivity contribution < 1.29 is 14.6 Å². The van der Waals surface area contributed by atoms with Crippen LogP contribution in [0.1, 0.15) is 23.2 Å². The molecule has 1 aromatic carbocycles. The van der Waals surface area contributed by atoms with E-state index in [-0.39, 0.29) is 12.7 Å². The van der Waals surface area contributed by atoms with Crippen LogP contribution in [0.5, 0.6) is 0 Å². The van der Waals surface area contributed by atoms with Crippen LogP contribution in [0.15, 0.2) is 18.2 Å². The number of carbonyl (C=O) groups is 1. The van der Waals surface area contributed by atoms with Crippen LogP contribution in [0.25, 0.3) is 0 Å². The van der Waals surface area contributed by atoms with Gasteiger partial charge in [0, 0.05) is 24.3 Å². The molecule has 1 aliphatic heterocycles. The number of rotatable bonds is 5. The highest BCUT2D eigenvalue weighted by molar-refractivity contribution is 6.33. The molecule has 0 radical (unpaired) electrons. The van der Waals surface area contributed by atoms with Crippen LogP contribution in [0.4, 0.5) is 5.69 Å². The molecule has 0 unspecified atom stereocenters. The maximum absolute atomic E-state index is 10.7. The fourth-order valence-corrected chi connectivity index (χ4v) is 2.53. The fraction of sp³-hybridized carbons (Fsp3) is 0.500. The maximum atomic E-state index is 10.7. The molecule has 0 aromatic heterocycles. The number of piperidine rings is 1. The predicted octanol–water partition coefficient (Wildman–Crippen LogP) is 2.13. The summed E-state index contributed by atoms with van der Waals surface area (Å²) in [6, 6.07) is 5.50. The van der Waals surface area contributed by atoms with Gasteiger partial charge >= 0.3 is 0 Å². The van der Waals surface area contributed by atoms with Gasteiger partial charge in [-0.25, -0.2) is 0 Å². The molecule has 1 aliphatic rings. The molecule has 5 heteroatoms. The van der Waals surface area contributed by atoms with Crippen molar-refractivity contribution in [1.82, 2.24) is 0 Å². The molecule has 0 atom stereocenters. The summed E-state index contributed by atoms with van der Waals surface area (Å²) in [6.45, 7) is 2.27. The first kappa shape index (κ1) is 14.3. The molecule has 1 heterocycles. The number of anilines is 1. The quantitative estimate of drug-likeness (QED) is 0.841. The molecule has 104 valence electrons. The zero-order valence-corrected chi connectivity index (χ0v) is 11.5. The van der Waals surface area contributed by atoms with Gasteiger partial charge in [-0.15, -0.1) is 0 Å². The Morgan fingerprint density at radius 3 is 2.74 bits per heavy atom. The first-order valence-electron chi connectivity index (χ1n) is 6.46. The monoisotopic (exact) mass is 283 g/mol. The van der Waals surface area contributed by atoms with Gasteiger partial charge in [0.15, 0.2) is 6.29 Å². The van der Waals surface area contributed by atoms with E-state index in [9.17, 15) is 4.79 Å². The van der Waals surface area contributed by atoms with Crippen molar-refractivity contribution in [3.63, 3.8) is 0 Å². The van der Waals surface area contributed by atoms with Crippen LogP contribution in [0.2, 0.25) is 5.02 Å². The normalized spacial score (nSPS) is 16.6. The van der Waals surface area contributed by atoms with Crippen LogP contribution in [0.3, 0.4) is 0 Å². The molecule has 2 rings (SSSR count). The zero-order chi connectivity index (χ0) is 13.7. The number of hydrogen-bond donors (Lipinski definition) is 1. The minimum atomic E-state index is 0.0724. The Labute approximate surface area is 117 Å². The second-order valence-electron chi connectivity index (χ2n) is 4.60. The Hall–Kier alpha value is -1.10. The number of aldehydes is 1. The molecule has 1 N–H and O–H groups in total. The Balaban J connectivity index is 1.94. The molecular weight excluding hydrogens is 266 g/mol.